The van der Waals surface area contributed by atoms with Gasteiger partial charge < -0.3 is 15.6 Å². The molecule has 1 rings (SSSR count). The minimum absolute atomic E-state index is 0.162. The molecule has 0 aliphatic heterocycles. The molecule has 0 spiro atoms. The fourth-order valence-corrected chi connectivity index (χ4v) is 1.34. The lowest BCUT2D eigenvalue weighted by atomic mass is 10.1. The summed E-state index contributed by atoms with van der Waals surface area (Å²) in [5.74, 6) is 0.182. The van der Waals surface area contributed by atoms with Gasteiger partial charge in [-0.3, -0.25) is 0 Å². The largest absolute Gasteiger partial charge is 0.490 e. The highest BCUT2D eigenvalue weighted by Gasteiger charge is 2.19. The maximum atomic E-state index is 13.1. The van der Waals surface area contributed by atoms with E-state index < -0.39 is 5.60 Å². The summed E-state index contributed by atoms with van der Waals surface area (Å²) in [5, 5.41) is 9.84. The van der Waals surface area contributed by atoms with Crippen LogP contribution in [0.25, 0.3) is 0 Å². The fourth-order valence-electron chi connectivity index (χ4n) is 1.34. The van der Waals surface area contributed by atoms with Crippen LogP contribution in [-0.4, -0.2) is 17.3 Å². The zero-order chi connectivity index (χ0) is 13.1. The molecule has 0 heterocycles. The van der Waals surface area contributed by atoms with Crippen LogP contribution in [0.2, 0.25) is 0 Å². The minimum atomic E-state index is -0.885. The number of nitrogens with two attached hydrogens (primary N) is 1. The van der Waals surface area contributed by atoms with Crippen LogP contribution in [-0.2, 0) is 0 Å². The van der Waals surface area contributed by atoms with Gasteiger partial charge in [0.15, 0.2) is 0 Å². The van der Waals surface area contributed by atoms with Crippen molar-refractivity contribution in [3.8, 4) is 5.75 Å². The van der Waals surface area contributed by atoms with Crippen molar-refractivity contribution < 1.29 is 14.2 Å². The van der Waals surface area contributed by atoms with Crippen molar-refractivity contribution in [2.24, 2.45) is 5.73 Å². The molecule has 0 bridgehead atoms. The maximum absolute atomic E-state index is 13.1. The summed E-state index contributed by atoms with van der Waals surface area (Å²) in [6.07, 6.45) is 0.585. The Morgan fingerprint density at radius 1 is 1.53 bits per heavy atom. The highest BCUT2D eigenvalue weighted by atomic mass is 19.1. The lowest BCUT2D eigenvalue weighted by Crippen LogP contribution is -2.31. The number of benzene rings is 1. The normalized spacial score (nSPS) is 16.4. The average Bonchev–Trinajstić information content (AvgIpc) is 2.27. The van der Waals surface area contributed by atoms with Crippen LogP contribution in [0.4, 0.5) is 4.39 Å². The van der Waals surface area contributed by atoms with E-state index in [1.807, 2.05) is 6.92 Å². The minimum Gasteiger partial charge on any atom is -0.490 e. The predicted octanol–water partition coefficient (Wildman–Crippen LogP) is 2.39. The SMILES string of the molecule is CCC(C)(O)COc1ccc(F)cc1[C@@H](C)N. The summed E-state index contributed by atoms with van der Waals surface area (Å²) >= 11 is 0. The number of rotatable bonds is 5. The average molecular weight is 241 g/mol. The summed E-state index contributed by atoms with van der Waals surface area (Å²) in [7, 11) is 0. The maximum Gasteiger partial charge on any atom is 0.124 e. The van der Waals surface area contributed by atoms with E-state index in [9.17, 15) is 9.50 Å². The summed E-state index contributed by atoms with van der Waals surface area (Å²) < 4.78 is 18.6. The molecule has 2 atom stereocenters. The molecular formula is C13H20FNO2. The number of aliphatic hydroxyl groups is 1. The molecule has 0 saturated heterocycles. The van der Waals surface area contributed by atoms with Crippen LogP contribution in [0, 0.1) is 5.82 Å². The molecule has 0 fully saturated rings. The van der Waals surface area contributed by atoms with Crippen molar-refractivity contribution in [3.63, 3.8) is 0 Å². The van der Waals surface area contributed by atoms with Gasteiger partial charge in [-0.15, -0.1) is 0 Å². The molecule has 0 aliphatic rings. The molecule has 3 nitrogen and oxygen atoms in total. The Labute approximate surface area is 101 Å². The molecule has 0 aromatic heterocycles. The lowest BCUT2D eigenvalue weighted by molar-refractivity contribution is 0.00808. The Morgan fingerprint density at radius 3 is 2.71 bits per heavy atom. The van der Waals surface area contributed by atoms with Crippen LogP contribution < -0.4 is 10.5 Å². The zero-order valence-electron chi connectivity index (χ0n) is 10.5. The summed E-state index contributed by atoms with van der Waals surface area (Å²) in [5.41, 5.74) is 5.47. The van der Waals surface area contributed by atoms with Crippen LogP contribution in [0.5, 0.6) is 5.75 Å². The van der Waals surface area contributed by atoms with Gasteiger partial charge in [0.05, 0.1) is 5.60 Å². The highest BCUT2D eigenvalue weighted by molar-refractivity contribution is 5.36. The Kier molecular flexibility index (Phi) is 4.48. The molecule has 1 aromatic rings. The van der Waals surface area contributed by atoms with Gasteiger partial charge in [0.2, 0.25) is 0 Å². The molecule has 1 aromatic carbocycles. The topological polar surface area (TPSA) is 55.5 Å². The third-order valence-electron chi connectivity index (χ3n) is 2.76. The molecule has 0 aliphatic carbocycles. The van der Waals surface area contributed by atoms with Crippen molar-refractivity contribution in [1.82, 2.24) is 0 Å². The summed E-state index contributed by atoms with van der Waals surface area (Å²) in [4.78, 5) is 0. The zero-order valence-corrected chi connectivity index (χ0v) is 10.5. The van der Waals surface area contributed by atoms with Crippen LogP contribution in [0.3, 0.4) is 0 Å². The van der Waals surface area contributed by atoms with E-state index in [0.717, 1.165) is 0 Å². The van der Waals surface area contributed by atoms with Gasteiger partial charge in [-0.2, -0.15) is 0 Å². The fraction of sp³-hybridized carbons (Fsp3) is 0.538. The van der Waals surface area contributed by atoms with Crippen LogP contribution in [0.15, 0.2) is 18.2 Å². The molecule has 0 saturated carbocycles. The van der Waals surface area contributed by atoms with Crippen molar-refractivity contribution >= 4 is 0 Å². The second kappa shape index (κ2) is 5.47. The third-order valence-corrected chi connectivity index (χ3v) is 2.76. The molecule has 3 N–H and O–H groups in total. The lowest BCUT2D eigenvalue weighted by Gasteiger charge is -2.23. The van der Waals surface area contributed by atoms with Gasteiger partial charge in [0.1, 0.15) is 18.2 Å². The Bertz CT molecular complexity index is 378. The van der Waals surface area contributed by atoms with Gasteiger partial charge in [-0.25, -0.2) is 4.39 Å². The third kappa shape index (κ3) is 3.98. The van der Waals surface area contributed by atoms with E-state index in [4.69, 9.17) is 10.5 Å². The van der Waals surface area contributed by atoms with Gasteiger partial charge in [0.25, 0.3) is 0 Å². The highest BCUT2D eigenvalue weighted by Crippen LogP contribution is 2.25. The quantitative estimate of drug-likeness (QED) is 0.832. The van der Waals surface area contributed by atoms with Crippen molar-refractivity contribution in [2.45, 2.75) is 38.8 Å². The van der Waals surface area contributed by atoms with Crippen LogP contribution in [0.1, 0.15) is 38.8 Å². The predicted molar refractivity (Wildman–Crippen MR) is 65.4 cm³/mol. The summed E-state index contributed by atoms with van der Waals surface area (Å²) in [6, 6.07) is 3.91. The second-order valence-electron chi connectivity index (χ2n) is 4.61. The van der Waals surface area contributed by atoms with E-state index in [2.05, 4.69) is 0 Å². The number of ether oxygens (including phenoxy) is 1. The molecule has 17 heavy (non-hydrogen) atoms. The van der Waals surface area contributed by atoms with E-state index >= 15 is 0 Å². The van der Waals surface area contributed by atoms with E-state index in [1.54, 1.807) is 19.9 Å². The first kappa shape index (κ1) is 13.9. The number of hydrogen-bond donors (Lipinski definition) is 2. The van der Waals surface area contributed by atoms with Crippen LogP contribution >= 0.6 is 0 Å². The van der Waals surface area contributed by atoms with Gasteiger partial charge in [0, 0.05) is 11.6 Å². The molecule has 0 radical (unpaired) electrons. The van der Waals surface area contributed by atoms with E-state index in [-0.39, 0.29) is 18.5 Å². The van der Waals surface area contributed by atoms with Gasteiger partial charge in [-0.1, -0.05) is 6.92 Å². The van der Waals surface area contributed by atoms with Gasteiger partial charge in [-0.05, 0) is 38.5 Å². The monoisotopic (exact) mass is 241 g/mol. The van der Waals surface area contributed by atoms with Crippen molar-refractivity contribution in [1.29, 1.82) is 0 Å². The molecule has 96 valence electrons. The van der Waals surface area contributed by atoms with Crippen molar-refractivity contribution in [3.05, 3.63) is 29.6 Å². The standard InChI is InChI=1S/C13H20FNO2/c1-4-13(3,16)8-17-12-6-5-10(14)7-11(12)9(2)15/h5-7,9,16H,4,8,15H2,1-3H3/t9-,13?/m1/s1. The first-order valence-electron chi connectivity index (χ1n) is 5.76. The molecule has 1 unspecified atom stereocenters. The Morgan fingerprint density at radius 2 is 2.18 bits per heavy atom. The Balaban J connectivity index is 2.84. The smallest absolute Gasteiger partial charge is 0.124 e. The first-order chi connectivity index (χ1) is 7.85. The van der Waals surface area contributed by atoms with E-state index in [0.29, 0.717) is 17.7 Å². The van der Waals surface area contributed by atoms with Gasteiger partial charge >= 0.3 is 0 Å². The number of hydrogen-bond acceptors (Lipinski definition) is 3. The molecule has 0 amide bonds. The second-order valence-corrected chi connectivity index (χ2v) is 4.61. The van der Waals surface area contributed by atoms with Crippen molar-refractivity contribution in [2.75, 3.05) is 6.61 Å². The Hall–Kier alpha value is -1.13. The summed E-state index contributed by atoms with van der Waals surface area (Å²) in [6.45, 7) is 5.50. The van der Waals surface area contributed by atoms with E-state index in [1.165, 1.54) is 12.1 Å². The first-order valence-corrected chi connectivity index (χ1v) is 5.76. The molecular weight excluding hydrogens is 221 g/mol. The number of halogens is 1. The molecule has 4 heteroatoms.